The van der Waals surface area contributed by atoms with E-state index in [2.05, 4.69) is 6.08 Å². The monoisotopic (exact) mass is 379 g/mol. The highest BCUT2D eigenvalue weighted by atomic mass is 16.6. The van der Waals surface area contributed by atoms with E-state index in [4.69, 9.17) is 15.2 Å². The van der Waals surface area contributed by atoms with Crippen LogP contribution in [-0.2, 0) is 19.1 Å². The second-order valence-corrected chi connectivity index (χ2v) is 6.89. The summed E-state index contributed by atoms with van der Waals surface area (Å²) in [5.74, 6) is -0.317. The summed E-state index contributed by atoms with van der Waals surface area (Å²) in [7, 11) is 0. The predicted octanol–water partition coefficient (Wildman–Crippen LogP) is 3.69. The molecule has 146 valence electrons. The van der Waals surface area contributed by atoms with Crippen LogP contribution in [0.4, 0.5) is 0 Å². The molecule has 2 aliphatic carbocycles. The Morgan fingerprint density at radius 2 is 1.96 bits per heavy atom. The van der Waals surface area contributed by atoms with E-state index in [1.807, 2.05) is 50.3 Å². The van der Waals surface area contributed by atoms with E-state index >= 15 is 0 Å². The minimum absolute atomic E-state index is 0.0805. The quantitative estimate of drug-likeness (QED) is 0.765. The normalized spacial score (nSPS) is 20.2. The fraction of sp³-hybridized carbons (Fsp3) is 0.304. The van der Waals surface area contributed by atoms with Gasteiger partial charge in [-0.1, -0.05) is 48.9 Å². The number of fused-ring (bicyclic) bond motifs is 1. The summed E-state index contributed by atoms with van der Waals surface area (Å²) in [6, 6.07) is 9.85. The zero-order valence-electron chi connectivity index (χ0n) is 16.5. The maximum atomic E-state index is 12.2. The van der Waals surface area contributed by atoms with Gasteiger partial charge in [0, 0.05) is 17.1 Å². The van der Waals surface area contributed by atoms with Crippen LogP contribution in [0, 0.1) is 5.92 Å². The number of carbonyl (C=O) groups is 2. The number of benzene rings is 1. The molecule has 3 rings (SSSR count). The number of carbonyl (C=O) groups excluding carboxylic acids is 2. The van der Waals surface area contributed by atoms with Crippen molar-refractivity contribution in [3.05, 3.63) is 75.6 Å². The minimum atomic E-state index is -0.485. The Kier molecular flexibility index (Phi) is 5.83. The number of allylic oxidation sites excluding steroid dienone is 4. The van der Waals surface area contributed by atoms with E-state index in [1.165, 1.54) is 0 Å². The lowest BCUT2D eigenvalue weighted by Gasteiger charge is -2.23. The highest BCUT2D eigenvalue weighted by molar-refractivity contribution is 6.01. The van der Waals surface area contributed by atoms with Crippen LogP contribution in [0.3, 0.4) is 0 Å². The van der Waals surface area contributed by atoms with Crippen molar-refractivity contribution in [3.8, 4) is 0 Å². The lowest BCUT2D eigenvalue weighted by molar-refractivity contribution is -0.146. The Morgan fingerprint density at radius 3 is 2.61 bits per heavy atom. The van der Waals surface area contributed by atoms with Gasteiger partial charge in [-0.15, -0.1) is 0 Å². The van der Waals surface area contributed by atoms with Crippen molar-refractivity contribution in [1.82, 2.24) is 0 Å². The molecule has 5 nitrogen and oxygen atoms in total. The maximum absolute atomic E-state index is 12.2. The predicted molar refractivity (Wildman–Crippen MR) is 108 cm³/mol. The molecule has 1 aromatic rings. The van der Waals surface area contributed by atoms with E-state index in [-0.39, 0.29) is 19.1 Å². The molecule has 0 fully saturated rings. The van der Waals surface area contributed by atoms with E-state index in [9.17, 15) is 9.59 Å². The van der Waals surface area contributed by atoms with E-state index in [0.29, 0.717) is 23.3 Å². The second-order valence-electron chi connectivity index (χ2n) is 6.89. The minimum Gasteiger partial charge on any atom is -0.481 e. The highest BCUT2D eigenvalue weighted by Crippen LogP contribution is 2.47. The van der Waals surface area contributed by atoms with Crippen molar-refractivity contribution < 1.29 is 19.1 Å². The molecule has 0 aliphatic heterocycles. The summed E-state index contributed by atoms with van der Waals surface area (Å²) in [6.45, 7) is 5.78. The molecule has 2 N–H and O–H groups in total. The lowest BCUT2D eigenvalue weighted by Crippen LogP contribution is -2.19. The number of ether oxygens (including phenoxy) is 2. The second kappa shape index (κ2) is 8.30. The largest absolute Gasteiger partial charge is 0.481 e. The fourth-order valence-corrected chi connectivity index (χ4v) is 3.70. The van der Waals surface area contributed by atoms with Crippen molar-refractivity contribution in [1.29, 1.82) is 0 Å². The topological polar surface area (TPSA) is 78.6 Å². The number of hydrogen-bond donors (Lipinski definition) is 1. The van der Waals surface area contributed by atoms with Gasteiger partial charge in [-0.3, -0.25) is 4.79 Å². The molecule has 1 unspecified atom stereocenters. The number of amides is 1. The van der Waals surface area contributed by atoms with Crippen molar-refractivity contribution in [2.75, 3.05) is 13.2 Å². The zero-order valence-corrected chi connectivity index (χ0v) is 16.5. The van der Waals surface area contributed by atoms with Crippen molar-refractivity contribution >= 4 is 18.0 Å². The lowest BCUT2D eigenvalue weighted by atomic mass is 9.87. The summed E-state index contributed by atoms with van der Waals surface area (Å²) < 4.78 is 10.9. The average Bonchev–Trinajstić information content (AvgIpc) is 2.93. The Hall–Kier alpha value is -3.08. The van der Waals surface area contributed by atoms with Gasteiger partial charge in [0.05, 0.1) is 6.61 Å². The van der Waals surface area contributed by atoms with Gasteiger partial charge in [0.1, 0.15) is 5.76 Å². The van der Waals surface area contributed by atoms with Gasteiger partial charge in [-0.05, 0) is 43.1 Å². The number of primary amides is 1. The van der Waals surface area contributed by atoms with Crippen molar-refractivity contribution in [2.45, 2.75) is 27.2 Å². The molecule has 0 heterocycles. The van der Waals surface area contributed by atoms with Crippen LogP contribution in [0.15, 0.2) is 70.0 Å². The molecule has 0 aromatic heterocycles. The van der Waals surface area contributed by atoms with E-state index in [1.54, 1.807) is 6.92 Å². The Morgan fingerprint density at radius 1 is 1.25 bits per heavy atom. The third kappa shape index (κ3) is 3.79. The van der Waals surface area contributed by atoms with Gasteiger partial charge in [0.25, 0.3) is 0 Å². The van der Waals surface area contributed by atoms with Gasteiger partial charge >= 0.3 is 5.97 Å². The first-order valence-electron chi connectivity index (χ1n) is 9.44. The molecule has 5 heteroatoms. The van der Waals surface area contributed by atoms with Gasteiger partial charge in [-0.25, -0.2) is 4.79 Å². The summed E-state index contributed by atoms with van der Waals surface area (Å²) in [6.07, 6.45) is 4.78. The van der Waals surface area contributed by atoms with E-state index in [0.717, 1.165) is 22.3 Å². The Labute approximate surface area is 165 Å². The smallest absolute Gasteiger partial charge is 0.344 e. The van der Waals surface area contributed by atoms with Gasteiger partial charge in [-0.2, -0.15) is 0 Å². The highest BCUT2D eigenvalue weighted by Gasteiger charge is 2.37. The van der Waals surface area contributed by atoms with Crippen molar-refractivity contribution in [2.24, 2.45) is 11.7 Å². The Balaban J connectivity index is 2.10. The number of esters is 1. The summed E-state index contributed by atoms with van der Waals surface area (Å²) in [5, 5.41) is 0. The SMILES string of the molecule is CCOC(=O)COC1=C2C(=CCC1=Cc1ccccc1)C(C)C(C)=C2C(N)=O. The van der Waals surface area contributed by atoms with Gasteiger partial charge in [0.2, 0.25) is 5.91 Å². The first kappa shape index (κ1) is 19.7. The molecular formula is C23H25NO4. The van der Waals surface area contributed by atoms with Crippen LogP contribution in [0.2, 0.25) is 0 Å². The third-order valence-corrected chi connectivity index (χ3v) is 5.14. The molecule has 0 radical (unpaired) electrons. The molecule has 2 aliphatic rings. The van der Waals surface area contributed by atoms with Crippen LogP contribution in [0.25, 0.3) is 6.08 Å². The molecule has 1 aromatic carbocycles. The van der Waals surface area contributed by atoms with Crippen LogP contribution >= 0.6 is 0 Å². The Bertz CT molecular complexity index is 919. The molecule has 0 spiro atoms. The maximum Gasteiger partial charge on any atom is 0.344 e. The first-order valence-corrected chi connectivity index (χ1v) is 9.44. The van der Waals surface area contributed by atoms with Crippen LogP contribution in [0.5, 0.6) is 0 Å². The number of nitrogens with two attached hydrogens (primary N) is 1. The van der Waals surface area contributed by atoms with Crippen LogP contribution in [-0.4, -0.2) is 25.1 Å². The molecule has 0 saturated heterocycles. The third-order valence-electron chi connectivity index (χ3n) is 5.14. The van der Waals surface area contributed by atoms with E-state index < -0.39 is 11.9 Å². The molecule has 1 atom stereocenters. The summed E-state index contributed by atoms with van der Waals surface area (Å²) >= 11 is 0. The van der Waals surface area contributed by atoms with Gasteiger partial charge in [0.15, 0.2) is 6.61 Å². The first-order chi connectivity index (χ1) is 13.4. The van der Waals surface area contributed by atoms with Crippen LogP contribution in [0.1, 0.15) is 32.8 Å². The zero-order chi connectivity index (χ0) is 20.3. The molecule has 28 heavy (non-hydrogen) atoms. The average molecular weight is 379 g/mol. The van der Waals surface area contributed by atoms with Crippen molar-refractivity contribution in [3.63, 3.8) is 0 Å². The molecule has 0 bridgehead atoms. The number of hydrogen-bond acceptors (Lipinski definition) is 4. The summed E-state index contributed by atoms with van der Waals surface area (Å²) in [5.41, 5.74) is 10.7. The van der Waals surface area contributed by atoms with Crippen LogP contribution < -0.4 is 5.73 Å². The molecular weight excluding hydrogens is 354 g/mol. The molecule has 0 saturated carbocycles. The summed E-state index contributed by atoms with van der Waals surface area (Å²) in [4.78, 5) is 24.1. The fourth-order valence-electron chi connectivity index (χ4n) is 3.70. The number of rotatable bonds is 6. The van der Waals surface area contributed by atoms with Gasteiger partial charge < -0.3 is 15.2 Å². The standard InChI is InChI=1S/C23H25NO4/c1-4-27-19(25)13-28-22-17(12-16-8-6-5-7-9-16)10-11-18-14(2)15(3)20(21(18)22)23(24)26/h5-9,11-12,14H,4,10,13H2,1-3H3,(H2,24,26). The molecule has 1 amide bonds.